The predicted octanol–water partition coefficient (Wildman–Crippen LogP) is -0.709. The zero-order chi connectivity index (χ0) is 11.6. The first-order valence-electron chi connectivity index (χ1n) is 3.44. The highest BCUT2D eigenvalue weighted by atomic mass is 16.7. The number of rotatable bonds is 4. The first-order valence-corrected chi connectivity index (χ1v) is 3.44. The van der Waals surface area contributed by atoms with Gasteiger partial charge in [-0.25, -0.2) is 9.59 Å². The van der Waals surface area contributed by atoms with Crippen molar-refractivity contribution in [2.24, 2.45) is 0 Å². The summed E-state index contributed by atoms with van der Waals surface area (Å²) in [6.45, 7) is 2.08. The Morgan fingerprint density at radius 3 is 2.07 bits per heavy atom. The number of aliphatic hydroxyl groups excluding tert-OH is 2. The summed E-state index contributed by atoms with van der Waals surface area (Å²) in [5.41, 5.74) is 0. The lowest BCUT2D eigenvalue weighted by Gasteiger charge is -2.03. The molecule has 0 aromatic rings. The minimum atomic E-state index is -1.46. The molecule has 0 saturated heterocycles. The Bertz CT molecular complexity index is 188. The lowest BCUT2D eigenvalue weighted by molar-refractivity contribution is -0.131. The summed E-state index contributed by atoms with van der Waals surface area (Å²) in [5, 5.41) is 32.0. The molecule has 0 rings (SSSR count). The van der Waals surface area contributed by atoms with E-state index in [4.69, 9.17) is 20.4 Å². The summed E-state index contributed by atoms with van der Waals surface area (Å²) in [4.78, 5) is 18.9. The second-order valence-corrected chi connectivity index (χ2v) is 1.96. The van der Waals surface area contributed by atoms with Crippen molar-refractivity contribution in [3.8, 4) is 0 Å². The number of hydrogen-bond acceptors (Lipinski definition) is 5. The van der Waals surface area contributed by atoms with Crippen LogP contribution in [0.1, 0.15) is 0 Å². The summed E-state index contributed by atoms with van der Waals surface area (Å²) < 4.78 is 3.90. The molecule has 0 aliphatic rings. The van der Waals surface area contributed by atoms with Gasteiger partial charge in [-0.1, -0.05) is 6.58 Å². The van der Waals surface area contributed by atoms with Gasteiger partial charge in [0.1, 0.15) is 12.7 Å². The van der Waals surface area contributed by atoms with Crippen molar-refractivity contribution in [3.63, 3.8) is 0 Å². The lowest BCUT2D eigenvalue weighted by atomic mass is 10.4. The first-order chi connectivity index (χ1) is 6.43. The molecule has 0 amide bonds. The van der Waals surface area contributed by atoms with Crippen LogP contribution in [0.4, 0.5) is 4.79 Å². The fourth-order valence-corrected chi connectivity index (χ4v) is 0.220. The summed E-state index contributed by atoms with van der Waals surface area (Å²) >= 11 is 0. The van der Waals surface area contributed by atoms with Crippen LogP contribution in [0.15, 0.2) is 12.7 Å². The molecule has 1 atom stereocenters. The molecule has 0 aromatic carbocycles. The fourth-order valence-electron chi connectivity index (χ4n) is 0.220. The number of ether oxygens (including phenoxy) is 1. The third-order valence-electron chi connectivity index (χ3n) is 0.785. The average Bonchev–Trinajstić information content (AvgIpc) is 2.14. The lowest BCUT2D eigenvalue weighted by Crippen LogP contribution is -2.21. The molecule has 0 bridgehead atoms. The van der Waals surface area contributed by atoms with Gasteiger partial charge < -0.3 is 25.2 Å². The maximum absolute atomic E-state index is 9.60. The molecule has 14 heavy (non-hydrogen) atoms. The van der Waals surface area contributed by atoms with Gasteiger partial charge in [0.15, 0.2) is 0 Å². The number of aliphatic hydroxyl groups is 2. The number of carboxylic acids is 1. The molecular weight excluding hydrogens is 196 g/mol. The van der Waals surface area contributed by atoms with E-state index in [1.54, 1.807) is 0 Å². The van der Waals surface area contributed by atoms with Gasteiger partial charge in [0, 0.05) is 6.08 Å². The highest BCUT2D eigenvalue weighted by Crippen LogP contribution is 1.82. The molecule has 0 radical (unpaired) electrons. The van der Waals surface area contributed by atoms with Gasteiger partial charge in [0.2, 0.25) is 0 Å². The number of carbonyl (C=O) groups is 2. The van der Waals surface area contributed by atoms with Crippen molar-refractivity contribution in [3.05, 3.63) is 12.7 Å². The van der Waals surface area contributed by atoms with Gasteiger partial charge in [-0.15, -0.1) is 0 Å². The van der Waals surface area contributed by atoms with Crippen molar-refractivity contribution in [2.45, 2.75) is 6.10 Å². The Labute approximate surface area is 79.9 Å². The minimum Gasteiger partial charge on any atom is -0.478 e. The Balaban J connectivity index is 0. The Kier molecular flexibility index (Phi) is 10.1. The van der Waals surface area contributed by atoms with Gasteiger partial charge in [-0.3, -0.25) is 0 Å². The molecule has 0 aliphatic heterocycles. The zero-order valence-electron chi connectivity index (χ0n) is 7.29. The van der Waals surface area contributed by atoms with Gasteiger partial charge >= 0.3 is 12.1 Å². The quantitative estimate of drug-likeness (QED) is 0.355. The molecule has 1 unspecified atom stereocenters. The third kappa shape index (κ3) is 16.8. The summed E-state index contributed by atoms with van der Waals surface area (Å²) in [6.07, 6.45) is -1.73. The smallest absolute Gasteiger partial charge is 0.478 e. The molecule has 0 spiro atoms. The number of aliphatic carboxylic acids is 1. The summed E-state index contributed by atoms with van der Waals surface area (Å²) in [5.74, 6) is -0.981. The molecular formula is C7H12O7. The van der Waals surface area contributed by atoms with Gasteiger partial charge in [-0.2, -0.15) is 0 Å². The molecule has 0 aliphatic carbocycles. The van der Waals surface area contributed by atoms with Crippen LogP contribution in [0.5, 0.6) is 0 Å². The van der Waals surface area contributed by atoms with Crippen molar-refractivity contribution in [2.75, 3.05) is 13.2 Å². The highest BCUT2D eigenvalue weighted by Gasteiger charge is 2.03. The van der Waals surface area contributed by atoms with Crippen LogP contribution in [0.3, 0.4) is 0 Å². The second-order valence-electron chi connectivity index (χ2n) is 1.96. The normalized spacial score (nSPS) is 10.4. The minimum absolute atomic E-state index is 0.383. The monoisotopic (exact) mass is 208 g/mol. The number of hydrogen-bond donors (Lipinski definition) is 4. The molecule has 7 nitrogen and oxygen atoms in total. The summed E-state index contributed by atoms with van der Waals surface area (Å²) in [6, 6.07) is 0. The molecule has 4 N–H and O–H groups in total. The van der Waals surface area contributed by atoms with Gasteiger partial charge in [0.05, 0.1) is 6.61 Å². The van der Waals surface area contributed by atoms with Crippen molar-refractivity contribution < 1.29 is 34.8 Å². The van der Waals surface area contributed by atoms with E-state index in [2.05, 4.69) is 11.3 Å². The fraction of sp³-hybridized carbons (Fsp3) is 0.429. The SMILES string of the molecule is C=CC(=O)O.O=C(O)OCC(O)CO. The van der Waals surface area contributed by atoms with E-state index in [9.17, 15) is 9.59 Å². The Hall–Kier alpha value is -1.60. The Morgan fingerprint density at radius 2 is 1.86 bits per heavy atom. The molecule has 82 valence electrons. The van der Waals surface area contributed by atoms with E-state index in [1.165, 1.54) is 0 Å². The average molecular weight is 208 g/mol. The van der Waals surface area contributed by atoms with E-state index in [0.29, 0.717) is 0 Å². The van der Waals surface area contributed by atoms with Gasteiger partial charge in [0.25, 0.3) is 0 Å². The second kappa shape index (κ2) is 9.49. The predicted molar refractivity (Wildman–Crippen MR) is 44.9 cm³/mol. The van der Waals surface area contributed by atoms with Crippen molar-refractivity contribution >= 4 is 12.1 Å². The van der Waals surface area contributed by atoms with Crippen molar-refractivity contribution in [1.82, 2.24) is 0 Å². The van der Waals surface area contributed by atoms with Crippen LogP contribution in [-0.4, -0.2) is 51.9 Å². The number of carboxylic acid groups (broad SMARTS) is 2. The summed E-state index contributed by atoms with van der Waals surface area (Å²) in [7, 11) is 0. The molecule has 0 heterocycles. The molecule has 7 heteroatoms. The van der Waals surface area contributed by atoms with E-state index in [0.717, 1.165) is 6.08 Å². The zero-order valence-corrected chi connectivity index (χ0v) is 7.29. The maximum atomic E-state index is 9.60. The van der Waals surface area contributed by atoms with Crippen LogP contribution in [-0.2, 0) is 9.53 Å². The van der Waals surface area contributed by atoms with Crippen LogP contribution < -0.4 is 0 Å². The van der Waals surface area contributed by atoms with E-state index < -0.39 is 24.8 Å². The Morgan fingerprint density at radius 1 is 1.43 bits per heavy atom. The first kappa shape index (κ1) is 14.9. The van der Waals surface area contributed by atoms with Crippen LogP contribution in [0.2, 0.25) is 0 Å². The third-order valence-corrected chi connectivity index (χ3v) is 0.785. The van der Waals surface area contributed by atoms with Crippen LogP contribution in [0.25, 0.3) is 0 Å². The van der Waals surface area contributed by atoms with E-state index in [-0.39, 0.29) is 6.61 Å². The van der Waals surface area contributed by atoms with Gasteiger partial charge in [-0.05, 0) is 0 Å². The topological polar surface area (TPSA) is 124 Å². The van der Waals surface area contributed by atoms with E-state index in [1.807, 2.05) is 0 Å². The maximum Gasteiger partial charge on any atom is 0.505 e. The molecule has 0 fully saturated rings. The molecule has 0 aromatic heterocycles. The largest absolute Gasteiger partial charge is 0.505 e. The van der Waals surface area contributed by atoms with E-state index >= 15 is 0 Å². The molecule has 0 saturated carbocycles. The van der Waals surface area contributed by atoms with Crippen LogP contribution in [0, 0.1) is 0 Å². The van der Waals surface area contributed by atoms with Crippen LogP contribution >= 0.6 is 0 Å². The standard InChI is InChI=1S/C4H8O5.C3H4O2/c5-1-3(6)2-9-4(7)8;1-2-3(4)5/h3,5-6H,1-2H2,(H,7,8);2H,1H2,(H,4,5). The van der Waals surface area contributed by atoms with Crippen molar-refractivity contribution in [1.29, 1.82) is 0 Å². The highest BCUT2D eigenvalue weighted by molar-refractivity contribution is 5.78.